The Hall–Kier alpha value is -1.02. The van der Waals surface area contributed by atoms with E-state index in [1.165, 1.54) is 49.7 Å². The minimum atomic E-state index is 0.192. The van der Waals surface area contributed by atoms with Crippen LogP contribution in [0.5, 0.6) is 5.75 Å². The Morgan fingerprint density at radius 1 is 1.16 bits per heavy atom. The van der Waals surface area contributed by atoms with Crippen molar-refractivity contribution < 1.29 is 4.74 Å². The number of ether oxygens (including phenoxy) is 1. The molecule has 1 aromatic rings. The lowest BCUT2D eigenvalue weighted by molar-refractivity contribution is 0.357. The molecule has 2 N–H and O–H groups in total. The maximum absolute atomic E-state index is 6.29. The van der Waals surface area contributed by atoms with Crippen LogP contribution in [0.25, 0.3) is 0 Å². The molecule has 0 fully saturated rings. The van der Waals surface area contributed by atoms with Gasteiger partial charge in [-0.15, -0.1) is 0 Å². The molecule has 1 aromatic carbocycles. The molecular formula is C17H27NO. The largest absolute Gasteiger partial charge is 0.493 e. The molecule has 1 aliphatic rings. The molecule has 1 unspecified atom stereocenters. The number of rotatable bonds is 8. The lowest BCUT2D eigenvalue weighted by Gasteiger charge is -2.13. The first kappa shape index (κ1) is 14.4. The zero-order valence-electron chi connectivity index (χ0n) is 12.2. The normalized spacial score (nSPS) is 15.1. The Morgan fingerprint density at radius 3 is 2.79 bits per heavy atom. The summed E-state index contributed by atoms with van der Waals surface area (Å²) < 4.78 is 5.53. The van der Waals surface area contributed by atoms with Crippen LogP contribution in [0.3, 0.4) is 0 Å². The van der Waals surface area contributed by atoms with E-state index in [1.54, 1.807) is 0 Å². The Kier molecular flexibility index (Phi) is 5.71. The van der Waals surface area contributed by atoms with Crippen molar-refractivity contribution in [3.8, 4) is 5.75 Å². The zero-order chi connectivity index (χ0) is 13.5. The summed E-state index contributed by atoms with van der Waals surface area (Å²) in [6.07, 6.45) is 10.1. The van der Waals surface area contributed by atoms with Crippen LogP contribution in [0.2, 0.25) is 0 Å². The second-order valence-electron chi connectivity index (χ2n) is 5.63. The average molecular weight is 261 g/mol. The van der Waals surface area contributed by atoms with Crippen molar-refractivity contribution in [3.63, 3.8) is 0 Å². The third kappa shape index (κ3) is 4.24. The quantitative estimate of drug-likeness (QED) is 0.705. The molecule has 0 radical (unpaired) electrons. The first-order valence-electron chi connectivity index (χ1n) is 7.82. The van der Waals surface area contributed by atoms with Crippen LogP contribution < -0.4 is 10.5 Å². The van der Waals surface area contributed by atoms with E-state index in [-0.39, 0.29) is 6.04 Å². The molecule has 0 saturated heterocycles. The molecule has 0 amide bonds. The van der Waals surface area contributed by atoms with Gasteiger partial charge in [0.2, 0.25) is 0 Å². The number of benzene rings is 1. The smallest absolute Gasteiger partial charge is 0.122 e. The number of hydrogen-bond acceptors (Lipinski definition) is 2. The third-order valence-electron chi connectivity index (χ3n) is 4.01. The van der Waals surface area contributed by atoms with Crippen LogP contribution in [-0.2, 0) is 6.42 Å². The molecule has 1 atom stereocenters. The van der Waals surface area contributed by atoms with E-state index in [4.69, 9.17) is 10.5 Å². The molecule has 0 aliphatic carbocycles. The van der Waals surface area contributed by atoms with Gasteiger partial charge in [0, 0.05) is 12.5 Å². The van der Waals surface area contributed by atoms with Crippen molar-refractivity contribution in [1.82, 2.24) is 0 Å². The predicted octanol–water partition coefficient (Wildman–Crippen LogP) is 4.37. The van der Waals surface area contributed by atoms with E-state index in [1.807, 2.05) is 0 Å². The number of fused-ring (bicyclic) bond motifs is 1. The van der Waals surface area contributed by atoms with Gasteiger partial charge in [0.1, 0.15) is 5.75 Å². The highest BCUT2D eigenvalue weighted by Gasteiger charge is 2.14. The number of unbranched alkanes of at least 4 members (excludes halogenated alkanes) is 5. The van der Waals surface area contributed by atoms with Gasteiger partial charge in [-0.3, -0.25) is 0 Å². The van der Waals surface area contributed by atoms with Crippen LogP contribution in [0.15, 0.2) is 18.2 Å². The van der Waals surface area contributed by atoms with Gasteiger partial charge in [-0.2, -0.15) is 0 Å². The van der Waals surface area contributed by atoms with Gasteiger partial charge in [-0.25, -0.2) is 0 Å². The molecule has 2 rings (SSSR count). The summed E-state index contributed by atoms with van der Waals surface area (Å²) in [6, 6.07) is 6.64. The lowest BCUT2D eigenvalue weighted by Crippen LogP contribution is -2.10. The Bertz CT molecular complexity index is 389. The molecular weight excluding hydrogens is 234 g/mol. The average Bonchev–Trinajstić information content (AvgIpc) is 2.89. The third-order valence-corrected chi connectivity index (χ3v) is 4.01. The maximum atomic E-state index is 6.29. The summed E-state index contributed by atoms with van der Waals surface area (Å²) in [5.74, 6) is 1.05. The Balaban J connectivity index is 1.72. The monoisotopic (exact) mass is 261 g/mol. The highest BCUT2D eigenvalue weighted by molar-refractivity contribution is 5.40. The summed E-state index contributed by atoms with van der Waals surface area (Å²) in [5, 5.41) is 0. The van der Waals surface area contributed by atoms with Crippen molar-refractivity contribution >= 4 is 0 Å². The van der Waals surface area contributed by atoms with E-state index in [0.29, 0.717) is 0 Å². The molecule has 2 nitrogen and oxygen atoms in total. The predicted molar refractivity (Wildman–Crippen MR) is 80.6 cm³/mol. The second kappa shape index (κ2) is 7.54. The Labute approximate surface area is 117 Å². The molecule has 1 aliphatic heterocycles. The van der Waals surface area contributed by atoms with Gasteiger partial charge in [0.05, 0.1) is 6.61 Å². The van der Waals surface area contributed by atoms with E-state index >= 15 is 0 Å². The van der Waals surface area contributed by atoms with Gasteiger partial charge < -0.3 is 10.5 Å². The first-order chi connectivity index (χ1) is 9.31. The van der Waals surface area contributed by atoms with Crippen molar-refractivity contribution in [2.45, 2.75) is 64.3 Å². The summed E-state index contributed by atoms with van der Waals surface area (Å²) in [6.45, 7) is 3.08. The van der Waals surface area contributed by atoms with E-state index < -0.39 is 0 Å². The minimum Gasteiger partial charge on any atom is -0.493 e. The van der Waals surface area contributed by atoms with E-state index in [9.17, 15) is 0 Å². The second-order valence-corrected chi connectivity index (χ2v) is 5.63. The molecule has 19 heavy (non-hydrogen) atoms. The zero-order valence-corrected chi connectivity index (χ0v) is 12.2. The fraction of sp³-hybridized carbons (Fsp3) is 0.647. The number of hydrogen-bond donors (Lipinski definition) is 1. The van der Waals surface area contributed by atoms with E-state index in [0.717, 1.165) is 25.2 Å². The van der Waals surface area contributed by atoms with Crippen LogP contribution in [0.1, 0.15) is 69.0 Å². The van der Waals surface area contributed by atoms with Gasteiger partial charge in [0.15, 0.2) is 0 Å². The molecule has 106 valence electrons. The van der Waals surface area contributed by atoms with Crippen LogP contribution >= 0.6 is 0 Å². The summed E-state index contributed by atoms with van der Waals surface area (Å²) in [4.78, 5) is 0. The van der Waals surface area contributed by atoms with Crippen molar-refractivity contribution in [2.75, 3.05) is 6.61 Å². The minimum absolute atomic E-state index is 0.192. The number of nitrogens with two attached hydrogens (primary N) is 1. The summed E-state index contributed by atoms with van der Waals surface area (Å²) in [7, 11) is 0. The molecule has 1 heterocycles. The molecule has 0 bridgehead atoms. The van der Waals surface area contributed by atoms with Gasteiger partial charge in [-0.05, 0) is 23.6 Å². The first-order valence-corrected chi connectivity index (χ1v) is 7.82. The standard InChI is InChI=1S/C17H27NO/c1-2-3-4-5-6-7-8-16(18)14-9-10-17-15(13-14)11-12-19-17/h9-10,13,16H,2-8,11-12,18H2,1H3. The summed E-state index contributed by atoms with van der Waals surface area (Å²) in [5.41, 5.74) is 8.89. The molecule has 0 saturated carbocycles. The molecule has 0 spiro atoms. The van der Waals surface area contributed by atoms with Crippen LogP contribution in [-0.4, -0.2) is 6.61 Å². The highest BCUT2D eigenvalue weighted by atomic mass is 16.5. The van der Waals surface area contributed by atoms with Gasteiger partial charge in [0.25, 0.3) is 0 Å². The van der Waals surface area contributed by atoms with Crippen LogP contribution in [0, 0.1) is 0 Å². The topological polar surface area (TPSA) is 35.2 Å². The highest BCUT2D eigenvalue weighted by Crippen LogP contribution is 2.29. The van der Waals surface area contributed by atoms with Crippen molar-refractivity contribution in [1.29, 1.82) is 0 Å². The van der Waals surface area contributed by atoms with Gasteiger partial charge in [-0.1, -0.05) is 57.6 Å². The summed E-state index contributed by atoms with van der Waals surface area (Å²) >= 11 is 0. The fourth-order valence-corrected chi connectivity index (χ4v) is 2.75. The lowest BCUT2D eigenvalue weighted by atomic mass is 9.98. The van der Waals surface area contributed by atoms with Crippen molar-refractivity contribution in [2.24, 2.45) is 5.73 Å². The SMILES string of the molecule is CCCCCCCCC(N)c1ccc2c(c1)CCO2. The Morgan fingerprint density at radius 2 is 1.95 bits per heavy atom. The maximum Gasteiger partial charge on any atom is 0.122 e. The van der Waals surface area contributed by atoms with Crippen LogP contribution in [0.4, 0.5) is 0 Å². The molecule has 0 aromatic heterocycles. The van der Waals surface area contributed by atoms with E-state index in [2.05, 4.69) is 25.1 Å². The molecule has 2 heteroatoms. The fourth-order valence-electron chi connectivity index (χ4n) is 2.75. The van der Waals surface area contributed by atoms with Gasteiger partial charge >= 0.3 is 0 Å². The van der Waals surface area contributed by atoms with Crippen molar-refractivity contribution in [3.05, 3.63) is 29.3 Å².